The molecule has 18 heavy (non-hydrogen) atoms. The third-order valence-electron chi connectivity index (χ3n) is 3.46. The molecule has 1 heterocycles. The lowest BCUT2D eigenvalue weighted by Crippen LogP contribution is -2.31. The lowest BCUT2D eigenvalue weighted by atomic mass is 10.1. The monoisotopic (exact) mass is 284 g/mol. The van der Waals surface area contributed by atoms with Crippen molar-refractivity contribution < 1.29 is 0 Å². The van der Waals surface area contributed by atoms with Gasteiger partial charge in [-0.15, -0.1) is 0 Å². The molecule has 1 atom stereocenters. The minimum absolute atomic E-state index is 0.658. The summed E-state index contributed by atoms with van der Waals surface area (Å²) in [5.74, 6) is 2.51. The Hall–Kier alpha value is -0.380. The molecule has 2 nitrogen and oxygen atoms in total. The van der Waals surface area contributed by atoms with Crippen molar-refractivity contribution in [2.45, 2.75) is 25.9 Å². The Bertz CT molecular complexity index is 391. The van der Waals surface area contributed by atoms with Gasteiger partial charge in [-0.3, -0.25) is 0 Å². The van der Waals surface area contributed by atoms with E-state index in [1.54, 1.807) is 0 Å². The highest BCUT2D eigenvalue weighted by atomic mass is 35.5. The van der Waals surface area contributed by atoms with E-state index in [1.165, 1.54) is 29.2 Å². The van der Waals surface area contributed by atoms with Gasteiger partial charge in [-0.2, -0.15) is 11.8 Å². The van der Waals surface area contributed by atoms with E-state index in [1.807, 2.05) is 11.8 Å². The summed E-state index contributed by atoms with van der Waals surface area (Å²) < 4.78 is 0. The first-order valence-corrected chi connectivity index (χ1v) is 8.05. The summed E-state index contributed by atoms with van der Waals surface area (Å²) in [6, 6.07) is 7.07. The molecule has 0 bridgehead atoms. The van der Waals surface area contributed by atoms with Crippen LogP contribution in [0.25, 0.3) is 0 Å². The summed E-state index contributed by atoms with van der Waals surface area (Å²) in [6.07, 6.45) is 1.28. The fourth-order valence-electron chi connectivity index (χ4n) is 2.20. The van der Waals surface area contributed by atoms with Gasteiger partial charge in [0.1, 0.15) is 0 Å². The zero-order valence-electron chi connectivity index (χ0n) is 11.1. The maximum Gasteiger partial charge on any atom is 0.0471 e. The van der Waals surface area contributed by atoms with Crippen molar-refractivity contribution in [1.29, 1.82) is 0 Å². The van der Waals surface area contributed by atoms with Gasteiger partial charge in [0.2, 0.25) is 0 Å². The summed E-state index contributed by atoms with van der Waals surface area (Å²) >= 11 is 8.38. The number of hydrogen-bond donors (Lipinski definition) is 1. The van der Waals surface area contributed by atoms with E-state index < -0.39 is 0 Å². The topological polar surface area (TPSA) is 15.3 Å². The van der Waals surface area contributed by atoms with Gasteiger partial charge < -0.3 is 10.2 Å². The molecule has 2 rings (SSSR count). The summed E-state index contributed by atoms with van der Waals surface area (Å²) in [7, 11) is 2.17. The van der Waals surface area contributed by atoms with Crippen molar-refractivity contribution in [2.75, 3.05) is 30.0 Å². The summed E-state index contributed by atoms with van der Waals surface area (Å²) in [5.41, 5.74) is 2.41. The van der Waals surface area contributed by atoms with E-state index in [0.29, 0.717) is 6.04 Å². The third kappa shape index (κ3) is 3.34. The molecule has 1 aliphatic heterocycles. The van der Waals surface area contributed by atoms with E-state index in [9.17, 15) is 0 Å². The smallest absolute Gasteiger partial charge is 0.0471 e. The summed E-state index contributed by atoms with van der Waals surface area (Å²) in [4.78, 5) is 2.36. The van der Waals surface area contributed by atoms with Gasteiger partial charge in [-0.1, -0.05) is 24.6 Å². The van der Waals surface area contributed by atoms with Crippen LogP contribution in [0.3, 0.4) is 0 Å². The Kier molecular flexibility index (Phi) is 5.22. The van der Waals surface area contributed by atoms with Gasteiger partial charge in [0.15, 0.2) is 0 Å². The Morgan fingerprint density at radius 1 is 1.50 bits per heavy atom. The van der Waals surface area contributed by atoms with Gasteiger partial charge in [-0.25, -0.2) is 0 Å². The van der Waals surface area contributed by atoms with Crippen LogP contribution in [0.15, 0.2) is 18.2 Å². The fraction of sp³-hybridized carbons (Fsp3) is 0.571. The Morgan fingerprint density at radius 3 is 2.94 bits per heavy atom. The highest BCUT2D eigenvalue weighted by molar-refractivity contribution is 7.99. The van der Waals surface area contributed by atoms with Crippen LogP contribution in [0.5, 0.6) is 0 Å². The molecule has 1 N–H and O–H groups in total. The predicted molar refractivity (Wildman–Crippen MR) is 83.0 cm³/mol. The maximum absolute atomic E-state index is 6.34. The molecule has 0 radical (unpaired) electrons. The normalized spacial score (nSPS) is 19.2. The van der Waals surface area contributed by atoms with Crippen LogP contribution in [-0.2, 0) is 6.54 Å². The number of rotatable bonds is 5. The summed E-state index contributed by atoms with van der Waals surface area (Å²) in [6.45, 7) is 3.92. The zero-order valence-corrected chi connectivity index (χ0v) is 12.7. The number of halogens is 1. The molecule has 100 valence electrons. The van der Waals surface area contributed by atoms with Crippen LogP contribution in [0, 0.1) is 0 Å². The average Bonchev–Trinajstić information content (AvgIpc) is 2.90. The predicted octanol–water partition coefficient (Wildman–Crippen LogP) is 3.39. The quantitative estimate of drug-likeness (QED) is 0.892. The molecule has 0 aliphatic carbocycles. The molecule has 0 aromatic heterocycles. The minimum Gasteiger partial charge on any atom is -0.371 e. The largest absolute Gasteiger partial charge is 0.371 e. The fourth-order valence-corrected chi connectivity index (χ4v) is 3.71. The van der Waals surface area contributed by atoms with E-state index in [2.05, 4.69) is 42.4 Å². The molecule has 1 fully saturated rings. The van der Waals surface area contributed by atoms with Crippen molar-refractivity contribution in [3.63, 3.8) is 0 Å². The van der Waals surface area contributed by atoms with Gasteiger partial charge in [0.05, 0.1) is 0 Å². The van der Waals surface area contributed by atoms with Crippen molar-refractivity contribution in [3.05, 3.63) is 28.8 Å². The Morgan fingerprint density at radius 2 is 2.33 bits per heavy atom. The second-order valence-electron chi connectivity index (χ2n) is 4.68. The van der Waals surface area contributed by atoms with Gasteiger partial charge >= 0.3 is 0 Å². The first-order valence-electron chi connectivity index (χ1n) is 6.52. The molecule has 0 amide bonds. The molecule has 1 aromatic carbocycles. The van der Waals surface area contributed by atoms with Crippen LogP contribution in [0.1, 0.15) is 18.9 Å². The second-order valence-corrected chi connectivity index (χ2v) is 6.24. The van der Waals surface area contributed by atoms with Gasteiger partial charge in [0, 0.05) is 36.1 Å². The molecule has 4 heteroatoms. The Labute approximate surface area is 119 Å². The molecular weight excluding hydrogens is 264 g/mol. The summed E-state index contributed by atoms with van der Waals surface area (Å²) in [5, 5.41) is 4.17. The minimum atomic E-state index is 0.658. The SMILES string of the molecule is CCNCc1ccc(N(C)C2CCSC2)cc1Cl. The first kappa shape index (κ1) is 14.0. The van der Waals surface area contributed by atoms with Crippen molar-refractivity contribution in [2.24, 2.45) is 0 Å². The van der Waals surface area contributed by atoms with Crippen LogP contribution < -0.4 is 10.2 Å². The third-order valence-corrected chi connectivity index (χ3v) is 4.96. The van der Waals surface area contributed by atoms with Crippen molar-refractivity contribution in [3.8, 4) is 0 Å². The molecular formula is C14H21ClN2S. The Balaban J connectivity index is 2.07. The molecule has 1 aromatic rings. The molecule has 1 aliphatic rings. The van der Waals surface area contributed by atoms with E-state index >= 15 is 0 Å². The molecule has 0 spiro atoms. The lowest BCUT2D eigenvalue weighted by Gasteiger charge is -2.26. The second kappa shape index (κ2) is 6.69. The lowest BCUT2D eigenvalue weighted by molar-refractivity contribution is 0.699. The van der Waals surface area contributed by atoms with Crippen LogP contribution in [0.2, 0.25) is 5.02 Å². The number of hydrogen-bond acceptors (Lipinski definition) is 3. The standard InChI is InChI=1S/C14H21ClN2S/c1-3-16-9-11-4-5-12(8-14(11)15)17(2)13-6-7-18-10-13/h4-5,8,13,16H,3,6-7,9-10H2,1-2H3. The number of nitrogens with zero attached hydrogens (tertiary/aromatic N) is 1. The van der Waals surface area contributed by atoms with Crippen LogP contribution in [0.4, 0.5) is 5.69 Å². The highest BCUT2D eigenvalue weighted by Gasteiger charge is 2.20. The van der Waals surface area contributed by atoms with Gasteiger partial charge in [-0.05, 0) is 36.4 Å². The van der Waals surface area contributed by atoms with Crippen LogP contribution >= 0.6 is 23.4 Å². The first-order chi connectivity index (χ1) is 8.72. The number of thioether (sulfide) groups is 1. The van der Waals surface area contributed by atoms with E-state index in [-0.39, 0.29) is 0 Å². The number of benzene rings is 1. The molecule has 0 saturated carbocycles. The van der Waals surface area contributed by atoms with E-state index in [4.69, 9.17) is 11.6 Å². The zero-order chi connectivity index (χ0) is 13.0. The number of anilines is 1. The van der Waals surface area contributed by atoms with Crippen molar-refractivity contribution in [1.82, 2.24) is 5.32 Å². The number of nitrogens with one attached hydrogen (secondary N) is 1. The molecule has 1 unspecified atom stereocenters. The van der Waals surface area contributed by atoms with Crippen LogP contribution in [-0.4, -0.2) is 31.1 Å². The highest BCUT2D eigenvalue weighted by Crippen LogP contribution is 2.28. The average molecular weight is 285 g/mol. The van der Waals surface area contributed by atoms with Crippen molar-refractivity contribution >= 4 is 29.1 Å². The molecule has 1 saturated heterocycles. The van der Waals surface area contributed by atoms with Gasteiger partial charge in [0.25, 0.3) is 0 Å². The van der Waals surface area contributed by atoms with E-state index in [0.717, 1.165) is 18.1 Å². The maximum atomic E-state index is 6.34.